The van der Waals surface area contributed by atoms with Crippen LogP contribution in [-0.4, -0.2) is 19.1 Å². The van der Waals surface area contributed by atoms with E-state index in [4.69, 9.17) is 10.5 Å². The molecule has 3 N–H and O–H groups in total. The summed E-state index contributed by atoms with van der Waals surface area (Å²) in [4.78, 5) is 11.8. The van der Waals surface area contributed by atoms with Crippen molar-refractivity contribution in [1.82, 2.24) is 0 Å². The number of ether oxygens (including phenoxy) is 1. The van der Waals surface area contributed by atoms with Gasteiger partial charge in [0.1, 0.15) is 5.75 Å². The van der Waals surface area contributed by atoms with E-state index in [1.165, 1.54) is 0 Å². The van der Waals surface area contributed by atoms with Gasteiger partial charge in [-0.1, -0.05) is 0 Å². The molecule has 1 aliphatic carbocycles. The molecule has 0 saturated heterocycles. The SMILES string of the molecule is COc1ccc2c(c1)C1(CC1N)C(=O)N2. The second kappa shape index (κ2) is 2.52. The highest BCUT2D eigenvalue weighted by Crippen LogP contribution is 2.54. The molecular formula is C11H12N2O2. The fraction of sp³-hybridized carbons (Fsp3) is 0.364. The first-order valence-electron chi connectivity index (χ1n) is 4.94. The minimum Gasteiger partial charge on any atom is -0.497 e. The van der Waals surface area contributed by atoms with Crippen LogP contribution in [0.3, 0.4) is 0 Å². The number of hydrogen-bond acceptors (Lipinski definition) is 3. The number of anilines is 1. The van der Waals surface area contributed by atoms with Crippen molar-refractivity contribution in [1.29, 1.82) is 0 Å². The number of carbonyl (C=O) groups excluding carboxylic acids is 1. The van der Waals surface area contributed by atoms with Crippen molar-refractivity contribution < 1.29 is 9.53 Å². The Kier molecular flexibility index (Phi) is 1.47. The first-order valence-corrected chi connectivity index (χ1v) is 4.94. The van der Waals surface area contributed by atoms with E-state index in [1.807, 2.05) is 18.2 Å². The summed E-state index contributed by atoms with van der Waals surface area (Å²) in [5.74, 6) is 0.793. The number of methoxy groups -OCH3 is 1. The van der Waals surface area contributed by atoms with E-state index in [0.29, 0.717) is 0 Å². The van der Waals surface area contributed by atoms with Gasteiger partial charge in [0.15, 0.2) is 0 Å². The summed E-state index contributed by atoms with van der Waals surface area (Å²) < 4.78 is 5.15. The predicted molar refractivity (Wildman–Crippen MR) is 55.9 cm³/mol. The first kappa shape index (κ1) is 8.73. The predicted octanol–water partition coefficient (Wildman–Crippen LogP) is 0.616. The third-order valence-corrected chi connectivity index (χ3v) is 3.38. The van der Waals surface area contributed by atoms with E-state index >= 15 is 0 Å². The zero-order chi connectivity index (χ0) is 10.6. The van der Waals surface area contributed by atoms with Crippen molar-refractivity contribution in [3.63, 3.8) is 0 Å². The van der Waals surface area contributed by atoms with E-state index in [1.54, 1.807) is 7.11 Å². The van der Waals surface area contributed by atoms with E-state index < -0.39 is 5.41 Å². The Bertz CT molecular complexity index is 458. The highest BCUT2D eigenvalue weighted by Gasteiger charge is 2.63. The van der Waals surface area contributed by atoms with E-state index in [9.17, 15) is 4.79 Å². The fourth-order valence-corrected chi connectivity index (χ4v) is 2.34. The molecule has 1 aliphatic heterocycles. The lowest BCUT2D eigenvalue weighted by Crippen LogP contribution is -2.26. The summed E-state index contributed by atoms with van der Waals surface area (Å²) in [7, 11) is 1.62. The molecule has 1 aromatic carbocycles. The fourth-order valence-electron chi connectivity index (χ4n) is 2.34. The van der Waals surface area contributed by atoms with Crippen LogP contribution < -0.4 is 15.8 Å². The largest absolute Gasteiger partial charge is 0.497 e. The van der Waals surface area contributed by atoms with Crippen LogP contribution in [0.5, 0.6) is 5.75 Å². The van der Waals surface area contributed by atoms with E-state index in [-0.39, 0.29) is 11.9 Å². The highest BCUT2D eigenvalue weighted by atomic mass is 16.5. The molecule has 2 atom stereocenters. The Morgan fingerprint density at radius 2 is 2.33 bits per heavy atom. The van der Waals surface area contributed by atoms with Crippen molar-refractivity contribution in [3.05, 3.63) is 23.8 Å². The topological polar surface area (TPSA) is 64.3 Å². The van der Waals surface area contributed by atoms with Gasteiger partial charge in [0.2, 0.25) is 5.91 Å². The van der Waals surface area contributed by atoms with Crippen molar-refractivity contribution in [2.24, 2.45) is 5.73 Å². The Labute approximate surface area is 87.4 Å². The normalized spacial score (nSPS) is 31.3. The minimum atomic E-state index is -0.468. The first-order chi connectivity index (χ1) is 7.18. The summed E-state index contributed by atoms with van der Waals surface area (Å²) in [6.07, 6.45) is 0.735. The van der Waals surface area contributed by atoms with Crippen LogP contribution >= 0.6 is 0 Å². The average Bonchev–Trinajstić information content (AvgIpc) is 2.83. The molecule has 0 radical (unpaired) electrons. The van der Waals surface area contributed by atoms with Crippen molar-refractivity contribution in [2.45, 2.75) is 17.9 Å². The third kappa shape index (κ3) is 0.920. The Balaban J connectivity index is 2.15. The standard InChI is InChI=1S/C11H12N2O2/c1-15-6-2-3-8-7(4-6)11(5-9(11)12)10(14)13-8/h2-4,9H,5,12H2,1H3,(H,13,14). The van der Waals surface area contributed by atoms with E-state index in [2.05, 4.69) is 5.32 Å². The van der Waals surface area contributed by atoms with Crippen molar-refractivity contribution in [3.8, 4) is 5.75 Å². The van der Waals surface area contributed by atoms with Gasteiger partial charge in [-0.05, 0) is 30.2 Å². The lowest BCUT2D eigenvalue weighted by molar-refractivity contribution is -0.118. The Morgan fingerprint density at radius 1 is 1.60 bits per heavy atom. The molecule has 15 heavy (non-hydrogen) atoms. The third-order valence-electron chi connectivity index (χ3n) is 3.38. The zero-order valence-electron chi connectivity index (χ0n) is 8.41. The van der Waals surface area contributed by atoms with E-state index in [0.717, 1.165) is 23.4 Å². The second-order valence-electron chi connectivity index (χ2n) is 4.15. The molecule has 1 amide bonds. The van der Waals surface area contributed by atoms with Crippen LogP contribution in [0.25, 0.3) is 0 Å². The maximum Gasteiger partial charge on any atom is 0.236 e. The molecule has 1 fully saturated rings. The number of benzene rings is 1. The van der Waals surface area contributed by atoms with Gasteiger partial charge in [-0.2, -0.15) is 0 Å². The molecule has 4 nitrogen and oxygen atoms in total. The molecule has 2 unspecified atom stereocenters. The lowest BCUT2D eigenvalue weighted by atomic mass is 9.97. The van der Waals surface area contributed by atoms with Crippen LogP contribution in [0.2, 0.25) is 0 Å². The number of nitrogens with two attached hydrogens (primary N) is 1. The number of amides is 1. The number of carbonyl (C=O) groups is 1. The molecule has 2 aliphatic rings. The maximum atomic E-state index is 11.8. The van der Waals surface area contributed by atoms with Gasteiger partial charge in [0.25, 0.3) is 0 Å². The Hall–Kier alpha value is -1.55. The Morgan fingerprint density at radius 3 is 2.93 bits per heavy atom. The van der Waals surface area contributed by atoms with Crippen molar-refractivity contribution in [2.75, 3.05) is 12.4 Å². The van der Waals surface area contributed by atoms with Crippen LogP contribution in [0.1, 0.15) is 12.0 Å². The molecule has 1 spiro atoms. The average molecular weight is 204 g/mol. The van der Waals surface area contributed by atoms with Crippen LogP contribution in [0.4, 0.5) is 5.69 Å². The van der Waals surface area contributed by atoms with Gasteiger partial charge < -0.3 is 15.8 Å². The van der Waals surface area contributed by atoms with Gasteiger partial charge in [-0.15, -0.1) is 0 Å². The van der Waals surface area contributed by atoms with Gasteiger partial charge in [0.05, 0.1) is 12.5 Å². The van der Waals surface area contributed by atoms with Gasteiger partial charge in [0, 0.05) is 11.7 Å². The highest BCUT2D eigenvalue weighted by molar-refractivity contribution is 6.09. The monoisotopic (exact) mass is 204 g/mol. The molecule has 1 heterocycles. The molecular weight excluding hydrogens is 192 g/mol. The summed E-state index contributed by atoms with van der Waals surface area (Å²) in [6, 6.07) is 5.56. The molecule has 1 saturated carbocycles. The lowest BCUT2D eigenvalue weighted by Gasteiger charge is -2.07. The van der Waals surface area contributed by atoms with Crippen LogP contribution in [-0.2, 0) is 10.2 Å². The van der Waals surface area contributed by atoms with Gasteiger partial charge in [-0.25, -0.2) is 0 Å². The molecule has 78 valence electrons. The summed E-state index contributed by atoms with van der Waals surface area (Å²) >= 11 is 0. The molecule has 3 rings (SSSR count). The molecule has 1 aromatic rings. The smallest absolute Gasteiger partial charge is 0.236 e. The molecule has 0 aromatic heterocycles. The van der Waals surface area contributed by atoms with Gasteiger partial charge in [-0.3, -0.25) is 4.79 Å². The number of fused-ring (bicyclic) bond motifs is 2. The van der Waals surface area contributed by atoms with Crippen molar-refractivity contribution >= 4 is 11.6 Å². The molecule has 0 bridgehead atoms. The number of rotatable bonds is 1. The second-order valence-corrected chi connectivity index (χ2v) is 4.15. The van der Waals surface area contributed by atoms with Crippen LogP contribution in [0, 0.1) is 0 Å². The summed E-state index contributed by atoms with van der Waals surface area (Å²) in [6.45, 7) is 0. The minimum absolute atomic E-state index is 0.0262. The maximum absolute atomic E-state index is 11.8. The van der Waals surface area contributed by atoms with Crippen LogP contribution in [0.15, 0.2) is 18.2 Å². The zero-order valence-corrected chi connectivity index (χ0v) is 8.41. The van der Waals surface area contributed by atoms with Gasteiger partial charge >= 0.3 is 0 Å². The number of hydrogen-bond donors (Lipinski definition) is 2. The quantitative estimate of drug-likeness (QED) is 0.704. The molecule has 4 heteroatoms. The summed E-state index contributed by atoms with van der Waals surface area (Å²) in [5, 5.41) is 2.86. The number of nitrogens with one attached hydrogen (secondary N) is 1. The summed E-state index contributed by atoms with van der Waals surface area (Å²) in [5.41, 5.74) is 7.24.